The number of carbonyl (C=O) groups is 2. The Kier molecular flexibility index (Phi) is 2.95. The monoisotopic (exact) mass is 315 g/mol. The molecule has 1 N–H and O–H groups in total. The van der Waals surface area contributed by atoms with Gasteiger partial charge in [0, 0.05) is 21.3 Å². The van der Waals surface area contributed by atoms with Crippen LogP contribution < -0.4 is 5.32 Å². The molecule has 1 amide bonds. The maximum atomic E-state index is 12.4. The minimum absolute atomic E-state index is 0.0259. The van der Waals surface area contributed by atoms with Crippen molar-refractivity contribution in [2.45, 2.75) is 6.42 Å². The molecule has 94 valence electrons. The molecule has 2 aromatic rings. The SMILES string of the molecule is O=C1Cc2cc(C(=O)c3cccc(Br)c3)ccc2N1. The minimum atomic E-state index is -0.0385. The number of hydrogen-bond acceptors (Lipinski definition) is 2. The highest BCUT2D eigenvalue weighted by Gasteiger charge is 2.19. The van der Waals surface area contributed by atoms with Crippen molar-refractivity contribution in [3.05, 3.63) is 63.6 Å². The number of halogens is 1. The van der Waals surface area contributed by atoms with E-state index in [9.17, 15) is 9.59 Å². The number of carbonyl (C=O) groups excluding carboxylic acids is 2. The van der Waals surface area contributed by atoms with Crippen LogP contribution in [-0.4, -0.2) is 11.7 Å². The smallest absolute Gasteiger partial charge is 0.228 e. The summed E-state index contributed by atoms with van der Waals surface area (Å²) in [5.41, 5.74) is 2.92. The van der Waals surface area contributed by atoms with Crippen molar-refractivity contribution in [2.75, 3.05) is 5.32 Å². The normalized spacial score (nSPS) is 13.0. The predicted molar refractivity (Wildman–Crippen MR) is 76.4 cm³/mol. The van der Waals surface area contributed by atoms with Crippen LogP contribution in [0.2, 0.25) is 0 Å². The highest BCUT2D eigenvalue weighted by molar-refractivity contribution is 9.10. The van der Waals surface area contributed by atoms with Gasteiger partial charge < -0.3 is 5.32 Å². The van der Waals surface area contributed by atoms with Crippen LogP contribution in [0.1, 0.15) is 21.5 Å². The summed E-state index contributed by atoms with van der Waals surface area (Å²) in [5.74, 6) is -0.0643. The molecule has 0 aromatic heterocycles. The molecular weight excluding hydrogens is 306 g/mol. The lowest BCUT2D eigenvalue weighted by molar-refractivity contribution is -0.115. The number of ketones is 1. The molecule has 19 heavy (non-hydrogen) atoms. The van der Waals surface area contributed by atoms with Crippen LogP contribution >= 0.6 is 15.9 Å². The molecular formula is C15H10BrNO2. The number of hydrogen-bond donors (Lipinski definition) is 1. The molecule has 1 heterocycles. The maximum absolute atomic E-state index is 12.4. The predicted octanol–water partition coefficient (Wildman–Crippen LogP) is 3.17. The van der Waals surface area contributed by atoms with E-state index in [0.717, 1.165) is 15.7 Å². The van der Waals surface area contributed by atoms with Crippen LogP contribution in [0.5, 0.6) is 0 Å². The third-order valence-electron chi connectivity index (χ3n) is 3.08. The lowest BCUT2D eigenvalue weighted by Gasteiger charge is -2.04. The molecule has 0 fully saturated rings. The lowest BCUT2D eigenvalue weighted by atomic mass is 10.0. The van der Waals surface area contributed by atoms with Crippen molar-refractivity contribution in [3.8, 4) is 0 Å². The van der Waals surface area contributed by atoms with Gasteiger partial charge in [-0.3, -0.25) is 9.59 Å². The number of nitrogens with one attached hydrogen (secondary N) is 1. The summed E-state index contributed by atoms with van der Waals surface area (Å²) in [6.07, 6.45) is 0.342. The Labute approximate surface area is 118 Å². The van der Waals surface area contributed by atoms with Gasteiger partial charge >= 0.3 is 0 Å². The summed E-state index contributed by atoms with van der Waals surface area (Å²) < 4.78 is 0.872. The fourth-order valence-corrected chi connectivity index (χ4v) is 2.57. The minimum Gasteiger partial charge on any atom is -0.326 e. The summed E-state index contributed by atoms with van der Waals surface area (Å²) >= 11 is 3.35. The number of amides is 1. The van der Waals surface area contributed by atoms with Gasteiger partial charge in [0.05, 0.1) is 6.42 Å². The van der Waals surface area contributed by atoms with E-state index < -0.39 is 0 Å². The zero-order valence-corrected chi connectivity index (χ0v) is 11.5. The summed E-state index contributed by atoms with van der Waals surface area (Å²) in [6.45, 7) is 0. The molecule has 3 rings (SSSR count). The zero-order valence-electron chi connectivity index (χ0n) is 9.94. The molecule has 3 nitrogen and oxygen atoms in total. The average Bonchev–Trinajstić information content (AvgIpc) is 2.76. The quantitative estimate of drug-likeness (QED) is 0.865. The summed E-state index contributed by atoms with van der Waals surface area (Å²) in [4.78, 5) is 23.6. The Morgan fingerprint density at radius 2 is 1.89 bits per heavy atom. The topological polar surface area (TPSA) is 46.2 Å². The first-order chi connectivity index (χ1) is 9.13. The highest BCUT2D eigenvalue weighted by atomic mass is 79.9. The van der Waals surface area contributed by atoms with Crippen molar-refractivity contribution >= 4 is 33.3 Å². The van der Waals surface area contributed by atoms with E-state index in [1.165, 1.54) is 0 Å². The van der Waals surface area contributed by atoms with Crippen molar-refractivity contribution in [2.24, 2.45) is 0 Å². The molecule has 0 atom stereocenters. The van der Waals surface area contributed by atoms with Gasteiger partial charge in [0.1, 0.15) is 0 Å². The highest BCUT2D eigenvalue weighted by Crippen LogP contribution is 2.25. The number of benzene rings is 2. The van der Waals surface area contributed by atoms with Crippen molar-refractivity contribution in [1.29, 1.82) is 0 Å². The third-order valence-corrected chi connectivity index (χ3v) is 3.57. The van der Waals surface area contributed by atoms with Gasteiger partial charge in [-0.2, -0.15) is 0 Å². The first-order valence-electron chi connectivity index (χ1n) is 5.86. The van der Waals surface area contributed by atoms with E-state index in [1.807, 2.05) is 12.1 Å². The molecule has 1 aliphatic heterocycles. The summed E-state index contributed by atoms with van der Waals surface area (Å²) in [7, 11) is 0. The van der Waals surface area contributed by atoms with E-state index in [0.29, 0.717) is 17.5 Å². The summed E-state index contributed by atoms with van der Waals surface area (Å²) in [6, 6.07) is 12.6. The van der Waals surface area contributed by atoms with Crippen molar-refractivity contribution < 1.29 is 9.59 Å². The van der Waals surface area contributed by atoms with Gasteiger partial charge in [0.15, 0.2) is 5.78 Å². The molecule has 0 unspecified atom stereocenters. The van der Waals surface area contributed by atoms with E-state index in [4.69, 9.17) is 0 Å². The Morgan fingerprint density at radius 1 is 1.11 bits per heavy atom. The molecule has 0 aliphatic carbocycles. The van der Waals surface area contributed by atoms with Gasteiger partial charge in [-0.15, -0.1) is 0 Å². The molecule has 0 saturated heterocycles. The van der Waals surface area contributed by atoms with Gasteiger partial charge in [-0.25, -0.2) is 0 Å². The Balaban J connectivity index is 1.97. The number of rotatable bonds is 2. The van der Waals surface area contributed by atoms with Crippen LogP contribution in [-0.2, 0) is 11.2 Å². The summed E-state index contributed by atoms with van der Waals surface area (Å²) in [5, 5.41) is 2.75. The number of fused-ring (bicyclic) bond motifs is 1. The van der Waals surface area contributed by atoms with Crippen LogP contribution in [0.15, 0.2) is 46.9 Å². The van der Waals surface area contributed by atoms with Gasteiger partial charge in [-0.05, 0) is 35.9 Å². The fraction of sp³-hybridized carbons (Fsp3) is 0.0667. The molecule has 4 heteroatoms. The maximum Gasteiger partial charge on any atom is 0.228 e. The molecule has 0 saturated carbocycles. The average molecular weight is 316 g/mol. The van der Waals surface area contributed by atoms with E-state index in [1.54, 1.807) is 30.3 Å². The standard InChI is InChI=1S/C15H10BrNO2/c16-12-3-1-2-9(7-12)15(19)10-4-5-13-11(6-10)8-14(18)17-13/h1-7H,8H2,(H,17,18). The second-order valence-corrected chi connectivity index (χ2v) is 5.35. The van der Waals surface area contributed by atoms with Crippen LogP contribution in [0.25, 0.3) is 0 Å². The number of anilines is 1. The molecule has 0 radical (unpaired) electrons. The van der Waals surface area contributed by atoms with Crippen LogP contribution in [0.3, 0.4) is 0 Å². The van der Waals surface area contributed by atoms with Gasteiger partial charge in [0.2, 0.25) is 5.91 Å². The Hall–Kier alpha value is -1.94. The Bertz CT molecular complexity index is 694. The van der Waals surface area contributed by atoms with Crippen LogP contribution in [0.4, 0.5) is 5.69 Å². The fourth-order valence-electron chi connectivity index (χ4n) is 2.17. The second-order valence-electron chi connectivity index (χ2n) is 4.44. The van der Waals surface area contributed by atoms with Gasteiger partial charge in [0.25, 0.3) is 0 Å². The molecule has 1 aliphatic rings. The molecule has 0 spiro atoms. The Morgan fingerprint density at radius 3 is 2.68 bits per heavy atom. The lowest BCUT2D eigenvalue weighted by Crippen LogP contribution is -2.03. The molecule has 0 bridgehead atoms. The molecule has 2 aromatic carbocycles. The van der Waals surface area contributed by atoms with Gasteiger partial charge in [-0.1, -0.05) is 28.1 Å². The van der Waals surface area contributed by atoms with Crippen LogP contribution in [0, 0.1) is 0 Å². The largest absolute Gasteiger partial charge is 0.326 e. The first kappa shape index (κ1) is 12.1. The van der Waals surface area contributed by atoms with E-state index in [-0.39, 0.29) is 11.7 Å². The van der Waals surface area contributed by atoms with Crippen molar-refractivity contribution in [3.63, 3.8) is 0 Å². The van der Waals surface area contributed by atoms with Crippen molar-refractivity contribution in [1.82, 2.24) is 0 Å². The third kappa shape index (κ3) is 2.31. The second kappa shape index (κ2) is 4.63. The van der Waals surface area contributed by atoms with E-state index in [2.05, 4.69) is 21.2 Å². The van der Waals surface area contributed by atoms with E-state index >= 15 is 0 Å². The first-order valence-corrected chi connectivity index (χ1v) is 6.66. The zero-order chi connectivity index (χ0) is 13.4.